The topological polar surface area (TPSA) is 53.0 Å². The second-order valence-electron chi connectivity index (χ2n) is 3.24. The summed E-state index contributed by atoms with van der Waals surface area (Å²) in [6.07, 6.45) is 3.43. The normalized spacial score (nSPS) is 19.8. The van der Waals surface area contributed by atoms with Crippen molar-refractivity contribution in [3.8, 4) is 6.07 Å². The summed E-state index contributed by atoms with van der Waals surface area (Å²) in [5, 5.41) is 8.41. The van der Waals surface area contributed by atoms with Gasteiger partial charge in [0.25, 0.3) is 0 Å². The molecule has 1 atom stereocenters. The van der Waals surface area contributed by atoms with Gasteiger partial charge in [-0.2, -0.15) is 5.26 Å². The molecule has 3 nitrogen and oxygen atoms in total. The summed E-state index contributed by atoms with van der Waals surface area (Å²) in [5.74, 6) is 0. The molecule has 11 heavy (non-hydrogen) atoms. The van der Waals surface area contributed by atoms with Gasteiger partial charge in [0.1, 0.15) is 0 Å². The molecular weight excluding hydrogens is 138 g/mol. The van der Waals surface area contributed by atoms with Gasteiger partial charge in [-0.1, -0.05) is 0 Å². The molecule has 0 aromatic heterocycles. The average Bonchev–Trinajstić information content (AvgIpc) is 2.81. The smallest absolute Gasteiger partial charge is 0.0940 e. The minimum Gasteiger partial charge on any atom is -0.316 e. The minimum atomic E-state index is -0.281. The first-order chi connectivity index (χ1) is 5.24. The zero-order chi connectivity index (χ0) is 8.27. The monoisotopic (exact) mass is 153 g/mol. The van der Waals surface area contributed by atoms with Crippen molar-refractivity contribution in [1.82, 2.24) is 4.90 Å². The predicted octanol–water partition coefficient (Wildman–Crippen LogP) is 0.322. The van der Waals surface area contributed by atoms with E-state index < -0.39 is 0 Å². The lowest BCUT2D eigenvalue weighted by Crippen LogP contribution is -2.28. The lowest BCUT2D eigenvalue weighted by molar-refractivity contribution is 0.315. The molecule has 1 aliphatic rings. The van der Waals surface area contributed by atoms with Crippen LogP contribution in [0.2, 0.25) is 0 Å². The zero-order valence-electron chi connectivity index (χ0n) is 6.95. The first-order valence-electron chi connectivity index (χ1n) is 4.09. The first kappa shape index (κ1) is 8.51. The van der Waals surface area contributed by atoms with Crippen LogP contribution in [0.5, 0.6) is 0 Å². The summed E-state index contributed by atoms with van der Waals surface area (Å²) in [5.41, 5.74) is 5.45. The van der Waals surface area contributed by atoms with Crippen molar-refractivity contribution in [3.63, 3.8) is 0 Å². The molecule has 62 valence electrons. The van der Waals surface area contributed by atoms with Crippen LogP contribution >= 0.6 is 0 Å². The van der Waals surface area contributed by atoms with Crippen molar-refractivity contribution in [2.75, 3.05) is 13.6 Å². The Bertz CT molecular complexity index is 157. The molecule has 0 spiro atoms. The van der Waals surface area contributed by atoms with E-state index in [1.807, 2.05) is 6.07 Å². The van der Waals surface area contributed by atoms with Crippen LogP contribution in [0, 0.1) is 11.3 Å². The summed E-state index contributed by atoms with van der Waals surface area (Å²) in [7, 11) is 2.10. The molecule has 3 heteroatoms. The van der Waals surface area contributed by atoms with Crippen LogP contribution in [0.3, 0.4) is 0 Å². The second kappa shape index (κ2) is 3.70. The minimum absolute atomic E-state index is 0.281. The number of nitrogens with two attached hydrogens (primary N) is 1. The molecule has 0 aromatic rings. The molecule has 0 saturated heterocycles. The quantitative estimate of drug-likeness (QED) is 0.633. The van der Waals surface area contributed by atoms with Crippen LogP contribution in [0.15, 0.2) is 0 Å². The molecule has 0 amide bonds. The first-order valence-corrected chi connectivity index (χ1v) is 4.09. The highest BCUT2D eigenvalue weighted by molar-refractivity contribution is 4.89. The Hall–Kier alpha value is -0.590. The third-order valence-electron chi connectivity index (χ3n) is 2.13. The van der Waals surface area contributed by atoms with Gasteiger partial charge in [0.2, 0.25) is 0 Å². The van der Waals surface area contributed by atoms with E-state index in [9.17, 15) is 0 Å². The van der Waals surface area contributed by atoms with Gasteiger partial charge in [-0.25, -0.2) is 0 Å². The van der Waals surface area contributed by atoms with Crippen molar-refractivity contribution in [3.05, 3.63) is 0 Å². The van der Waals surface area contributed by atoms with E-state index in [0.29, 0.717) is 0 Å². The zero-order valence-corrected chi connectivity index (χ0v) is 6.95. The number of nitriles is 1. The maximum atomic E-state index is 8.41. The van der Waals surface area contributed by atoms with Crippen LogP contribution in [0.1, 0.15) is 19.3 Å². The van der Waals surface area contributed by atoms with Gasteiger partial charge in [0, 0.05) is 12.6 Å². The van der Waals surface area contributed by atoms with Crippen LogP contribution in [0.4, 0.5) is 0 Å². The number of nitrogens with zero attached hydrogens (tertiary/aromatic N) is 2. The molecule has 2 N–H and O–H groups in total. The van der Waals surface area contributed by atoms with E-state index in [2.05, 4.69) is 11.9 Å². The van der Waals surface area contributed by atoms with E-state index >= 15 is 0 Å². The molecule has 0 heterocycles. The summed E-state index contributed by atoms with van der Waals surface area (Å²) >= 11 is 0. The lowest BCUT2D eigenvalue weighted by atomic mass is 10.2. The largest absolute Gasteiger partial charge is 0.316 e. The SMILES string of the molecule is CN(CCC(N)C#N)C1CC1. The standard InChI is InChI=1S/C8H15N3/c1-11(8-2-3-8)5-4-7(10)6-9/h7-8H,2-5,10H2,1H3. The number of hydrogen-bond donors (Lipinski definition) is 1. The molecule has 1 fully saturated rings. The highest BCUT2D eigenvalue weighted by Gasteiger charge is 2.25. The summed E-state index contributed by atoms with van der Waals surface area (Å²) < 4.78 is 0. The molecule has 0 bridgehead atoms. The molecule has 1 unspecified atom stereocenters. The van der Waals surface area contributed by atoms with Gasteiger partial charge in [0.05, 0.1) is 12.1 Å². The number of hydrogen-bond acceptors (Lipinski definition) is 3. The van der Waals surface area contributed by atoms with E-state index in [0.717, 1.165) is 19.0 Å². The van der Waals surface area contributed by atoms with E-state index in [-0.39, 0.29) is 6.04 Å². The van der Waals surface area contributed by atoms with Crippen molar-refractivity contribution >= 4 is 0 Å². The Morgan fingerprint density at radius 3 is 2.82 bits per heavy atom. The van der Waals surface area contributed by atoms with Crippen molar-refractivity contribution in [1.29, 1.82) is 5.26 Å². The van der Waals surface area contributed by atoms with Gasteiger partial charge in [-0.05, 0) is 26.3 Å². The predicted molar refractivity (Wildman–Crippen MR) is 43.9 cm³/mol. The van der Waals surface area contributed by atoms with Gasteiger partial charge in [0.15, 0.2) is 0 Å². The van der Waals surface area contributed by atoms with Gasteiger partial charge in [-0.3, -0.25) is 0 Å². The van der Waals surface area contributed by atoms with Crippen molar-refractivity contribution in [2.24, 2.45) is 5.73 Å². The molecular formula is C8H15N3. The van der Waals surface area contributed by atoms with Gasteiger partial charge < -0.3 is 10.6 Å². The summed E-state index contributed by atoms with van der Waals surface area (Å²) in [4.78, 5) is 2.29. The van der Waals surface area contributed by atoms with Crippen molar-refractivity contribution < 1.29 is 0 Å². The Morgan fingerprint density at radius 1 is 1.73 bits per heavy atom. The molecule has 1 rings (SSSR count). The van der Waals surface area contributed by atoms with Gasteiger partial charge >= 0.3 is 0 Å². The fourth-order valence-corrected chi connectivity index (χ4v) is 1.11. The molecule has 1 saturated carbocycles. The highest BCUT2D eigenvalue weighted by atomic mass is 15.1. The lowest BCUT2D eigenvalue weighted by Gasteiger charge is -2.15. The molecule has 1 aliphatic carbocycles. The van der Waals surface area contributed by atoms with E-state index in [1.54, 1.807) is 0 Å². The van der Waals surface area contributed by atoms with Crippen LogP contribution in [0.25, 0.3) is 0 Å². The van der Waals surface area contributed by atoms with Crippen LogP contribution in [-0.2, 0) is 0 Å². The summed E-state index contributed by atoms with van der Waals surface area (Å²) in [6.45, 7) is 0.958. The molecule has 0 aliphatic heterocycles. The second-order valence-corrected chi connectivity index (χ2v) is 3.24. The fraction of sp³-hybridized carbons (Fsp3) is 0.875. The average molecular weight is 153 g/mol. The Balaban J connectivity index is 2.06. The third-order valence-corrected chi connectivity index (χ3v) is 2.13. The molecule has 0 radical (unpaired) electrons. The summed E-state index contributed by atoms with van der Waals surface area (Å²) in [6, 6.07) is 2.53. The highest BCUT2D eigenvalue weighted by Crippen LogP contribution is 2.25. The maximum Gasteiger partial charge on any atom is 0.0940 e. The van der Waals surface area contributed by atoms with E-state index in [1.165, 1.54) is 12.8 Å². The third kappa shape index (κ3) is 2.87. The van der Waals surface area contributed by atoms with Gasteiger partial charge in [-0.15, -0.1) is 0 Å². The maximum absolute atomic E-state index is 8.41. The van der Waals surface area contributed by atoms with E-state index in [4.69, 9.17) is 11.0 Å². The van der Waals surface area contributed by atoms with Crippen LogP contribution in [-0.4, -0.2) is 30.6 Å². The molecule has 0 aromatic carbocycles. The van der Waals surface area contributed by atoms with Crippen LogP contribution < -0.4 is 5.73 Å². The Labute approximate surface area is 67.8 Å². The Kier molecular flexibility index (Phi) is 2.86. The number of rotatable bonds is 4. The van der Waals surface area contributed by atoms with Crippen molar-refractivity contribution in [2.45, 2.75) is 31.3 Å². The fourth-order valence-electron chi connectivity index (χ4n) is 1.11. The Morgan fingerprint density at radius 2 is 2.36 bits per heavy atom.